The van der Waals surface area contributed by atoms with Crippen LogP contribution in [0.25, 0.3) is 10.9 Å². The van der Waals surface area contributed by atoms with Gasteiger partial charge in [0.1, 0.15) is 0 Å². The van der Waals surface area contributed by atoms with E-state index in [1.807, 2.05) is 12.3 Å². The zero-order valence-electron chi connectivity index (χ0n) is 12.7. The van der Waals surface area contributed by atoms with Crippen LogP contribution in [0.5, 0.6) is 0 Å². The largest absolute Gasteiger partial charge is 0.381 e. The number of pyridine rings is 1. The van der Waals surface area contributed by atoms with Crippen LogP contribution >= 0.6 is 0 Å². The number of rotatable bonds is 2. The molecule has 2 nitrogen and oxygen atoms in total. The normalized spacial score (nSPS) is 25.6. The van der Waals surface area contributed by atoms with Gasteiger partial charge in [0.15, 0.2) is 0 Å². The molecular formula is C18H24N2. The van der Waals surface area contributed by atoms with E-state index in [2.05, 4.69) is 55.3 Å². The highest BCUT2D eigenvalue weighted by Gasteiger charge is 2.32. The molecular weight excluding hydrogens is 244 g/mol. The van der Waals surface area contributed by atoms with Crippen molar-refractivity contribution in [2.75, 3.05) is 5.32 Å². The van der Waals surface area contributed by atoms with Gasteiger partial charge in [-0.1, -0.05) is 26.8 Å². The molecule has 2 aromatic rings. The van der Waals surface area contributed by atoms with Crippen LogP contribution in [0, 0.1) is 11.3 Å². The summed E-state index contributed by atoms with van der Waals surface area (Å²) in [5.41, 5.74) is 2.80. The number of fused-ring (bicyclic) bond motifs is 1. The summed E-state index contributed by atoms with van der Waals surface area (Å²) in [4.78, 5) is 4.44. The van der Waals surface area contributed by atoms with E-state index in [-0.39, 0.29) is 0 Å². The van der Waals surface area contributed by atoms with E-state index in [9.17, 15) is 0 Å². The molecule has 0 amide bonds. The van der Waals surface area contributed by atoms with Crippen LogP contribution in [0.4, 0.5) is 5.69 Å². The van der Waals surface area contributed by atoms with Gasteiger partial charge in [-0.2, -0.15) is 0 Å². The molecule has 1 saturated carbocycles. The van der Waals surface area contributed by atoms with Gasteiger partial charge in [-0.3, -0.25) is 4.98 Å². The Morgan fingerprint density at radius 2 is 2.05 bits per heavy atom. The third kappa shape index (κ3) is 2.65. The molecule has 106 valence electrons. The van der Waals surface area contributed by atoms with Gasteiger partial charge in [-0.05, 0) is 54.9 Å². The van der Waals surface area contributed by atoms with E-state index >= 15 is 0 Å². The van der Waals surface area contributed by atoms with Crippen molar-refractivity contribution in [2.45, 2.75) is 46.1 Å². The molecule has 2 heteroatoms. The number of hydrogen-bond acceptors (Lipinski definition) is 2. The Kier molecular flexibility index (Phi) is 3.41. The first-order chi connectivity index (χ1) is 9.55. The lowest BCUT2D eigenvalue weighted by Crippen LogP contribution is -2.36. The molecule has 1 N–H and O–H groups in total. The Labute approximate surface area is 121 Å². The highest BCUT2D eigenvalue weighted by molar-refractivity contribution is 5.91. The quantitative estimate of drug-likeness (QED) is 0.841. The summed E-state index contributed by atoms with van der Waals surface area (Å²) in [7, 11) is 0. The number of nitrogens with one attached hydrogen (secondary N) is 1. The molecule has 1 aliphatic rings. The summed E-state index contributed by atoms with van der Waals surface area (Å²) in [6.07, 6.45) is 5.72. The van der Waals surface area contributed by atoms with Gasteiger partial charge in [0, 0.05) is 23.3 Å². The molecule has 2 unspecified atom stereocenters. The number of nitrogens with zero attached hydrogens (tertiary/aromatic N) is 1. The highest BCUT2D eigenvalue weighted by Crippen LogP contribution is 2.40. The van der Waals surface area contributed by atoms with Crippen molar-refractivity contribution in [3.63, 3.8) is 0 Å². The molecule has 0 aliphatic heterocycles. The first kappa shape index (κ1) is 13.4. The fraction of sp³-hybridized carbons (Fsp3) is 0.500. The molecule has 1 aromatic carbocycles. The Balaban J connectivity index is 1.83. The van der Waals surface area contributed by atoms with Crippen LogP contribution in [-0.4, -0.2) is 11.0 Å². The standard InChI is InChI=1S/C18H24N2/c1-13-12-18(2,3)10-9-15(13)20-17-8-4-7-16-14(17)6-5-11-19-16/h4-8,11,13,15,20H,9-10,12H2,1-3H3. The van der Waals surface area contributed by atoms with Crippen molar-refractivity contribution in [1.29, 1.82) is 0 Å². The van der Waals surface area contributed by atoms with E-state index < -0.39 is 0 Å². The summed E-state index contributed by atoms with van der Waals surface area (Å²) in [5.74, 6) is 0.714. The summed E-state index contributed by atoms with van der Waals surface area (Å²) < 4.78 is 0. The van der Waals surface area contributed by atoms with Crippen LogP contribution in [0.1, 0.15) is 40.0 Å². The van der Waals surface area contributed by atoms with Crippen molar-refractivity contribution in [3.05, 3.63) is 36.5 Å². The molecule has 1 heterocycles. The molecule has 0 saturated heterocycles. The fourth-order valence-electron chi connectivity index (χ4n) is 3.59. The van der Waals surface area contributed by atoms with E-state index in [1.54, 1.807) is 0 Å². The molecule has 3 rings (SSSR count). The van der Waals surface area contributed by atoms with Crippen molar-refractivity contribution in [3.8, 4) is 0 Å². The average molecular weight is 268 g/mol. The van der Waals surface area contributed by atoms with Gasteiger partial charge in [0.05, 0.1) is 5.52 Å². The smallest absolute Gasteiger partial charge is 0.0722 e. The molecule has 0 spiro atoms. The van der Waals surface area contributed by atoms with Crippen molar-refractivity contribution >= 4 is 16.6 Å². The van der Waals surface area contributed by atoms with Crippen LogP contribution < -0.4 is 5.32 Å². The zero-order chi connectivity index (χ0) is 14.2. The minimum absolute atomic E-state index is 0.498. The molecule has 20 heavy (non-hydrogen) atoms. The molecule has 2 atom stereocenters. The summed E-state index contributed by atoms with van der Waals surface area (Å²) in [6, 6.07) is 11.1. The van der Waals surface area contributed by atoms with Gasteiger partial charge in [0.2, 0.25) is 0 Å². The maximum Gasteiger partial charge on any atom is 0.0722 e. The van der Waals surface area contributed by atoms with Crippen LogP contribution in [0.2, 0.25) is 0 Å². The lowest BCUT2D eigenvalue weighted by atomic mass is 9.70. The van der Waals surface area contributed by atoms with Gasteiger partial charge in [-0.15, -0.1) is 0 Å². The first-order valence-corrected chi connectivity index (χ1v) is 7.65. The minimum atomic E-state index is 0.498. The van der Waals surface area contributed by atoms with E-state index in [1.165, 1.54) is 30.3 Å². The Morgan fingerprint density at radius 3 is 2.85 bits per heavy atom. The van der Waals surface area contributed by atoms with Gasteiger partial charge in [0.25, 0.3) is 0 Å². The highest BCUT2D eigenvalue weighted by atomic mass is 14.9. The Hall–Kier alpha value is -1.57. The van der Waals surface area contributed by atoms with E-state index in [4.69, 9.17) is 0 Å². The third-order valence-electron chi connectivity index (χ3n) is 4.68. The molecule has 0 bridgehead atoms. The van der Waals surface area contributed by atoms with Crippen LogP contribution in [-0.2, 0) is 0 Å². The lowest BCUT2D eigenvalue weighted by molar-refractivity contribution is 0.177. The van der Waals surface area contributed by atoms with Gasteiger partial charge in [-0.25, -0.2) is 0 Å². The van der Waals surface area contributed by atoms with Gasteiger partial charge >= 0.3 is 0 Å². The summed E-state index contributed by atoms with van der Waals surface area (Å²) in [5, 5.41) is 5.00. The lowest BCUT2D eigenvalue weighted by Gasteiger charge is -2.40. The van der Waals surface area contributed by atoms with E-state index in [0.717, 1.165) is 5.52 Å². The third-order valence-corrected chi connectivity index (χ3v) is 4.68. The van der Waals surface area contributed by atoms with Crippen LogP contribution in [0.3, 0.4) is 0 Å². The maximum absolute atomic E-state index is 4.44. The van der Waals surface area contributed by atoms with Crippen molar-refractivity contribution in [1.82, 2.24) is 4.98 Å². The second-order valence-electron chi connectivity index (χ2n) is 7.01. The summed E-state index contributed by atoms with van der Waals surface area (Å²) >= 11 is 0. The van der Waals surface area contributed by atoms with Crippen LogP contribution in [0.15, 0.2) is 36.5 Å². The van der Waals surface area contributed by atoms with Gasteiger partial charge < -0.3 is 5.32 Å². The average Bonchev–Trinajstić information content (AvgIpc) is 2.42. The number of aromatic nitrogens is 1. The molecule has 1 fully saturated rings. The maximum atomic E-state index is 4.44. The fourth-order valence-corrected chi connectivity index (χ4v) is 3.59. The SMILES string of the molecule is CC1CC(C)(C)CCC1Nc1cccc2ncccc12. The van der Waals surface area contributed by atoms with E-state index in [0.29, 0.717) is 17.4 Å². The predicted molar refractivity (Wildman–Crippen MR) is 85.9 cm³/mol. The number of hydrogen-bond donors (Lipinski definition) is 1. The second-order valence-corrected chi connectivity index (χ2v) is 7.01. The number of anilines is 1. The zero-order valence-corrected chi connectivity index (χ0v) is 12.7. The summed E-state index contributed by atoms with van der Waals surface area (Å²) in [6.45, 7) is 7.16. The monoisotopic (exact) mass is 268 g/mol. The predicted octanol–water partition coefficient (Wildman–Crippen LogP) is 4.86. The van der Waals surface area contributed by atoms with Crippen molar-refractivity contribution in [2.24, 2.45) is 11.3 Å². The Bertz CT molecular complexity index is 598. The second kappa shape index (κ2) is 5.08. The van der Waals surface area contributed by atoms with Crippen molar-refractivity contribution < 1.29 is 0 Å². The minimum Gasteiger partial charge on any atom is -0.381 e. The molecule has 1 aromatic heterocycles. The topological polar surface area (TPSA) is 24.9 Å². The first-order valence-electron chi connectivity index (χ1n) is 7.65. The molecule has 1 aliphatic carbocycles. The number of benzene rings is 1. The molecule has 0 radical (unpaired) electrons. The Morgan fingerprint density at radius 1 is 1.20 bits per heavy atom.